The predicted octanol–water partition coefficient (Wildman–Crippen LogP) is 5.12. The zero-order valence-corrected chi connectivity index (χ0v) is 13.5. The van der Waals surface area contributed by atoms with E-state index in [0.29, 0.717) is 5.78 Å². The monoisotopic (exact) mass is 275 g/mol. The highest BCUT2D eigenvalue weighted by atomic mass is 16.1. The van der Waals surface area contributed by atoms with Crippen LogP contribution >= 0.6 is 0 Å². The van der Waals surface area contributed by atoms with Gasteiger partial charge in [0.2, 0.25) is 0 Å². The summed E-state index contributed by atoms with van der Waals surface area (Å²) < 4.78 is 0. The highest BCUT2D eigenvalue weighted by Crippen LogP contribution is 2.34. The second kappa shape index (κ2) is 6.60. The molecule has 0 spiro atoms. The molecule has 0 saturated heterocycles. The van der Waals surface area contributed by atoms with Gasteiger partial charge in [-0.1, -0.05) is 26.2 Å². The minimum Gasteiger partial charge on any atom is -0.356 e. The number of hydrogen-bond donors (Lipinski definition) is 1. The molecular formula is C18H29NO. The molecule has 20 heavy (non-hydrogen) atoms. The highest BCUT2D eigenvalue weighted by molar-refractivity contribution is 5.98. The number of aromatic amines is 1. The Labute approximate surface area is 123 Å². The lowest BCUT2D eigenvalue weighted by molar-refractivity contribution is 0.0864. The van der Waals surface area contributed by atoms with E-state index >= 15 is 0 Å². The van der Waals surface area contributed by atoms with Crippen molar-refractivity contribution >= 4 is 5.78 Å². The van der Waals surface area contributed by atoms with Crippen LogP contribution in [0.1, 0.15) is 79.2 Å². The van der Waals surface area contributed by atoms with Crippen LogP contribution in [0.15, 0.2) is 0 Å². The lowest BCUT2D eigenvalue weighted by atomic mass is 9.77. The number of aryl methyl sites for hydroxylation is 1. The highest BCUT2D eigenvalue weighted by Gasteiger charge is 2.28. The Morgan fingerprint density at radius 3 is 2.25 bits per heavy atom. The van der Waals surface area contributed by atoms with E-state index in [1.165, 1.54) is 37.7 Å². The first-order valence-electron chi connectivity index (χ1n) is 8.24. The van der Waals surface area contributed by atoms with Crippen LogP contribution in [-0.4, -0.2) is 10.8 Å². The maximum Gasteiger partial charge on any atom is 0.182 e. The number of rotatable bonds is 5. The molecule has 0 atom stereocenters. The molecule has 0 bridgehead atoms. The second-order valence-corrected chi connectivity index (χ2v) is 6.60. The summed E-state index contributed by atoms with van der Waals surface area (Å²) in [5.41, 5.74) is 4.41. The van der Waals surface area contributed by atoms with E-state index in [-0.39, 0.29) is 5.92 Å². The number of H-pyrrole nitrogens is 1. The summed E-state index contributed by atoms with van der Waals surface area (Å²) in [6, 6.07) is 0. The molecule has 0 radical (unpaired) electrons. The van der Waals surface area contributed by atoms with Crippen molar-refractivity contribution in [3.8, 4) is 0 Å². The first kappa shape index (κ1) is 15.3. The molecule has 1 aromatic rings. The smallest absolute Gasteiger partial charge is 0.182 e. The zero-order valence-electron chi connectivity index (χ0n) is 13.5. The van der Waals surface area contributed by atoms with Crippen LogP contribution in [0.4, 0.5) is 0 Å². The third-order valence-corrected chi connectivity index (χ3v) is 5.24. The average Bonchev–Trinajstić information content (AvgIpc) is 2.72. The molecule has 2 heteroatoms. The minimum absolute atomic E-state index is 0.254. The molecule has 1 N–H and O–H groups in total. The normalized spacial score (nSPS) is 23.0. The van der Waals surface area contributed by atoms with Gasteiger partial charge >= 0.3 is 0 Å². The number of Topliss-reactive ketones (excluding diaryl/α,β-unsaturated/α-hetero) is 1. The van der Waals surface area contributed by atoms with Crippen LogP contribution in [0.2, 0.25) is 0 Å². The zero-order chi connectivity index (χ0) is 14.7. The van der Waals surface area contributed by atoms with Gasteiger partial charge in [-0.25, -0.2) is 0 Å². The molecule has 0 amide bonds. The maximum absolute atomic E-state index is 12.7. The van der Waals surface area contributed by atoms with E-state index in [4.69, 9.17) is 0 Å². The van der Waals surface area contributed by atoms with Gasteiger partial charge in [-0.15, -0.1) is 0 Å². The Balaban J connectivity index is 1.96. The van der Waals surface area contributed by atoms with Crippen molar-refractivity contribution in [2.75, 3.05) is 0 Å². The van der Waals surface area contributed by atoms with Gasteiger partial charge in [0.25, 0.3) is 0 Å². The third kappa shape index (κ3) is 3.16. The van der Waals surface area contributed by atoms with Crippen LogP contribution in [0, 0.1) is 32.6 Å². The topological polar surface area (TPSA) is 32.9 Å². The standard InChI is InChI=1S/C18H29NO/c1-5-6-7-15-8-10-16(11-9-15)18(20)17-13(3)12(2)14(4)19-17/h15-16,19H,5-11H2,1-4H3. The van der Waals surface area contributed by atoms with E-state index in [1.54, 1.807) is 0 Å². The van der Waals surface area contributed by atoms with Crippen LogP contribution in [0.5, 0.6) is 0 Å². The fourth-order valence-electron chi connectivity index (χ4n) is 3.50. The van der Waals surface area contributed by atoms with E-state index < -0.39 is 0 Å². The molecule has 2 rings (SSSR count). The van der Waals surface area contributed by atoms with Gasteiger partial charge in [-0.05, 0) is 63.5 Å². The number of carbonyl (C=O) groups is 1. The predicted molar refractivity (Wildman–Crippen MR) is 84.3 cm³/mol. The van der Waals surface area contributed by atoms with Gasteiger partial charge in [0.15, 0.2) is 5.78 Å². The van der Waals surface area contributed by atoms with Gasteiger partial charge in [0.1, 0.15) is 0 Å². The first-order chi connectivity index (χ1) is 9.54. The lowest BCUT2D eigenvalue weighted by Gasteiger charge is -2.27. The van der Waals surface area contributed by atoms with Crippen LogP contribution in [0.3, 0.4) is 0 Å². The number of nitrogens with one attached hydrogen (secondary N) is 1. The molecule has 0 unspecified atom stereocenters. The molecule has 0 aliphatic heterocycles. The quantitative estimate of drug-likeness (QED) is 0.743. The number of unbranched alkanes of at least 4 members (excludes halogenated alkanes) is 1. The fourth-order valence-corrected chi connectivity index (χ4v) is 3.50. The second-order valence-electron chi connectivity index (χ2n) is 6.60. The van der Waals surface area contributed by atoms with E-state index in [9.17, 15) is 4.79 Å². The lowest BCUT2D eigenvalue weighted by Crippen LogP contribution is -2.22. The molecule has 1 aliphatic carbocycles. The van der Waals surface area contributed by atoms with E-state index in [2.05, 4.69) is 32.7 Å². The summed E-state index contributed by atoms with van der Waals surface area (Å²) in [5, 5.41) is 0. The SMILES string of the molecule is CCCCC1CCC(C(=O)c2[nH]c(C)c(C)c2C)CC1. The third-order valence-electron chi connectivity index (χ3n) is 5.24. The Morgan fingerprint density at radius 1 is 1.10 bits per heavy atom. The molecule has 1 heterocycles. The summed E-state index contributed by atoms with van der Waals surface area (Å²) in [7, 11) is 0. The van der Waals surface area contributed by atoms with E-state index in [1.807, 2.05) is 0 Å². The van der Waals surface area contributed by atoms with Crippen molar-refractivity contribution in [1.82, 2.24) is 4.98 Å². The molecule has 1 aliphatic rings. The van der Waals surface area contributed by atoms with Crippen molar-refractivity contribution in [3.63, 3.8) is 0 Å². The number of ketones is 1. The van der Waals surface area contributed by atoms with Crippen LogP contribution in [0.25, 0.3) is 0 Å². The van der Waals surface area contributed by atoms with Gasteiger partial charge in [-0.2, -0.15) is 0 Å². The Kier molecular flexibility index (Phi) is 5.06. The summed E-state index contributed by atoms with van der Waals surface area (Å²) in [4.78, 5) is 16.0. The largest absolute Gasteiger partial charge is 0.356 e. The molecule has 1 fully saturated rings. The first-order valence-corrected chi connectivity index (χ1v) is 8.24. The van der Waals surface area contributed by atoms with Gasteiger partial charge in [-0.3, -0.25) is 4.79 Å². The molecule has 1 aromatic heterocycles. The van der Waals surface area contributed by atoms with Crippen molar-refractivity contribution in [2.24, 2.45) is 11.8 Å². The van der Waals surface area contributed by atoms with Crippen molar-refractivity contribution in [1.29, 1.82) is 0 Å². The summed E-state index contributed by atoms with van der Waals surface area (Å²) in [6.45, 7) is 8.48. The summed E-state index contributed by atoms with van der Waals surface area (Å²) in [5.74, 6) is 1.48. The van der Waals surface area contributed by atoms with Crippen molar-refractivity contribution < 1.29 is 4.79 Å². The summed E-state index contributed by atoms with van der Waals surface area (Å²) in [6.07, 6.45) is 8.66. The van der Waals surface area contributed by atoms with E-state index in [0.717, 1.165) is 35.7 Å². The average molecular weight is 275 g/mol. The Bertz CT molecular complexity index is 464. The Hall–Kier alpha value is -1.05. The van der Waals surface area contributed by atoms with Gasteiger partial charge in [0.05, 0.1) is 5.69 Å². The Morgan fingerprint density at radius 2 is 1.75 bits per heavy atom. The van der Waals surface area contributed by atoms with Gasteiger partial charge < -0.3 is 4.98 Å². The van der Waals surface area contributed by atoms with Gasteiger partial charge in [0, 0.05) is 11.6 Å². The molecule has 1 saturated carbocycles. The van der Waals surface area contributed by atoms with Crippen LogP contribution in [-0.2, 0) is 0 Å². The number of aromatic nitrogens is 1. The van der Waals surface area contributed by atoms with Crippen LogP contribution < -0.4 is 0 Å². The molecule has 112 valence electrons. The number of hydrogen-bond acceptors (Lipinski definition) is 1. The number of carbonyl (C=O) groups excluding carboxylic acids is 1. The summed E-state index contributed by atoms with van der Waals surface area (Å²) >= 11 is 0. The molecule has 2 nitrogen and oxygen atoms in total. The minimum atomic E-state index is 0.254. The maximum atomic E-state index is 12.7. The molecular weight excluding hydrogens is 246 g/mol. The van der Waals surface area contributed by atoms with Crippen molar-refractivity contribution in [2.45, 2.75) is 72.6 Å². The fraction of sp³-hybridized carbons (Fsp3) is 0.722. The van der Waals surface area contributed by atoms with Crippen molar-refractivity contribution in [3.05, 3.63) is 22.5 Å². The molecule has 0 aromatic carbocycles.